The lowest BCUT2D eigenvalue weighted by atomic mass is 10.2. The molecule has 0 aromatic heterocycles. The van der Waals surface area contributed by atoms with Gasteiger partial charge in [-0.3, -0.25) is 10.1 Å². The molecule has 1 unspecified atom stereocenters. The van der Waals surface area contributed by atoms with Crippen LogP contribution in [-0.2, 0) is 4.74 Å². The zero-order chi connectivity index (χ0) is 13.1. The van der Waals surface area contributed by atoms with Gasteiger partial charge in [0.25, 0.3) is 5.69 Å². The average Bonchev–Trinajstić information content (AvgIpc) is 2.38. The fraction of sp³-hybridized carbons (Fsp3) is 0.455. The van der Waals surface area contributed by atoms with Crippen LogP contribution >= 0.6 is 0 Å². The molecule has 1 saturated heterocycles. The fourth-order valence-electron chi connectivity index (χ4n) is 1.97. The summed E-state index contributed by atoms with van der Waals surface area (Å²) in [5, 5.41) is 19.8. The first-order valence-corrected chi connectivity index (χ1v) is 5.62. The molecule has 1 aliphatic heterocycles. The van der Waals surface area contributed by atoms with Crippen LogP contribution in [0.4, 0.5) is 17.1 Å². The van der Waals surface area contributed by atoms with Crippen LogP contribution in [0.5, 0.6) is 0 Å². The fourth-order valence-corrected chi connectivity index (χ4v) is 1.97. The third kappa shape index (κ3) is 2.69. The van der Waals surface area contributed by atoms with Gasteiger partial charge in [-0.1, -0.05) is 0 Å². The molecule has 1 fully saturated rings. The molecule has 0 spiro atoms. The molecule has 7 heteroatoms. The highest BCUT2D eigenvalue weighted by Crippen LogP contribution is 2.26. The normalized spacial score (nSPS) is 19.8. The van der Waals surface area contributed by atoms with Gasteiger partial charge in [0.05, 0.1) is 24.2 Å². The molecule has 18 heavy (non-hydrogen) atoms. The number of aliphatic hydroxyl groups is 1. The first-order valence-electron chi connectivity index (χ1n) is 5.62. The van der Waals surface area contributed by atoms with Gasteiger partial charge in [-0.2, -0.15) is 0 Å². The Morgan fingerprint density at radius 2 is 2.33 bits per heavy atom. The van der Waals surface area contributed by atoms with Crippen LogP contribution in [0, 0.1) is 10.1 Å². The molecule has 1 atom stereocenters. The minimum atomic E-state index is -0.468. The van der Waals surface area contributed by atoms with Crippen molar-refractivity contribution in [2.75, 3.05) is 36.9 Å². The van der Waals surface area contributed by atoms with E-state index in [2.05, 4.69) is 0 Å². The van der Waals surface area contributed by atoms with Gasteiger partial charge in [0.2, 0.25) is 0 Å². The van der Waals surface area contributed by atoms with Crippen molar-refractivity contribution in [2.45, 2.75) is 6.10 Å². The number of nitrogen functional groups attached to an aromatic ring is 1. The largest absolute Gasteiger partial charge is 0.398 e. The van der Waals surface area contributed by atoms with E-state index in [0.29, 0.717) is 31.1 Å². The van der Waals surface area contributed by atoms with Gasteiger partial charge in [0.1, 0.15) is 0 Å². The molecule has 1 aromatic rings. The number of anilines is 2. The summed E-state index contributed by atoms with van der Waals surface area (Å²) in [6, 6.07) is 4.50. The maximum atomic E-state index is 10.8. The Hall–Kier alpha value is -1.86. The van der Waals surface area contributed by atoms with Crippen molar-refractivity contribution in [3.63, 3.8) is 0 Å². The summed E-state index contributed by atoms with van der Waals surface area (Å²) in [7, 11) is 0. The predicted octanol–water partition coefficient (Wildman–Crippen LogP) is 0.374. The Morgan fingerprint density at radius 3 is 3.00 bits per heavy atom. The third-order valence-corrected chi connectivity index (χ3v) is 2.84. The number of nitro groups is 1. The molecule has 0 aliphatic carbocycles. The monoisotopic (exact) mass is 253 g/mol. The number of rotatable bonds is 3. The van der Waals surface area contributed by atoms with E-state index in [1.54, 1.807) is 6.07 Å². The van der Waals surface area contributed by atoms with Gasteiger partial charge < -0.3 is 20.5 Å². The van der Waals surface area contributed by atoms with Gasteiger partial charge in [0, 0.05) is 36.6 Å². The molecule has 1 aromatic carbocycles. The van der Waals surface area contributed by atoms with Crippen LogP contribution in [0.1, 0.15) is 0 Å². The van der Waals surface area contributed by atoms with E-state index in [9.17, 15) is 10.1 Å². The quantitative estimate of drug-likeness (QED) is 0.458. The van der Waals surface area contributed by atoms with E-state index in [4.69, 9.17) is 15.6 Å². The van der Waals surface area contributed by atoms with Crippen LogP contribution in [0.3, 0.4) is 0 Å². The Labute approximate surface area is 104 Å². The maximum Gasteiger partial charge on any atom is 0.273 e. The number of ether oxygens (including phenoxy) is 1. The van der Waals surface area contributed by atoms with Crippen molar-refractivity contribution in [3.8, 4) is 0 Å². The highest BCUT2D eigenvalue weighted by molar-refractivity contribution is 5.63. The van der Waals surface area contributed by atoms with Crippen molar-refractivity contribution >= 4 is 17.1 Å². The molecule has 0 amide bonds. The molecule has 7 nitrogen and oxygen atoms in total. The van der Waals surface area contributed by atoms with Gasteiger partial charge >= 0.3 is 0 Å². The number of nitrogens with zero attached hydrogens (tertiary/aromatic N) is 2. The molecular formula is C11H15N3O4. The maximum absolute atomic E-state index is 10.8. The minimum Gasteiger partial charge on any atom is -0.398 e. The highest BCUT2D eigenvalue weighted by atomic mass is 16.6. The highest BCUT2D eigenvalue weighted by Gasteiger charge is 2.21. The molecule has 0 saturated carbocycles. The Morgan fingerprint density at radius 1 is 1.56 bits per heavy atom. The van der Waals surface area contributed by atoms with Crippen molar-refractivity contribution in [2.24, 2.45) is 0 Å². The first-order chi connectivity index (χ1) is 8.60. The number of benzene rings is 1. The number of nitrogens with two attached hydrogens (primary N) is 1. The summed E-state index contributed by atoms with van der Waals surface area (Å²) in [5.74, 6) is 0. The van der Waals surface area contributed by atoms with Gasteiger partial charge in [-0.05, 0) is 6.07 Å². The van der Waals surface area contributed by atoms with E-state index in [-0.39, 0.29) is 18.4 Å². The molecule has 2 rings (SSSR count). The zero-order valence-corrected chi connectivity index (χ0v) is 9.78. The van der Waals surface area contributed by atoms with E-state index >= 15 is 0 Å². The Kier molecular flexibility index (Phi) is 3.63. The summed E-state index contributed by atoms with van der Waals surface area (Å²) in [5.41, 5.74) is 6.67. The van der Waals surface area contributed by atoms with E-state index in [1.807, 2.05) is 4.90 Å². The molecule has 0 bridgehead atoms. The second kappa shape index (κ2) is 5.19. The minimum absolute atomic E-state index is 0.0305. The molecule has 0 radical (unpaired) electrons. The number of morpholine rings is 1. The summed E-state index contributed by atoms with van der Waals surface area (Å²) in [4.78, 5) is 12.2. The summed E-state index contributed by atoms with van der Waals surface area (Å²) in [6.07, 6.45) is -0.265. The summed E-state index contributed by atoms with van der Waals surface area (Å²) in [6.45, 7) is 1.53. The lowest BCUT2D eigenvalue weighted by molar-refractivity contribution is -0.384. The van der Waals surface area contributed by atoms with Crippen LogP contribution in [0.15, 0.2) is 18.2 Å². The predicted molar refractivity (Wildman–Crippen MR) is 66.5 cm³/mol. The molecule has 3 N–H and O–H groups in total. The Bertz CT molecular complexity index is 452. The van der Waals surface area contributed by atoms with Crippen molar-refractivity contribution in [1.82, 2.24) is 0 Å². The number of hydrogen-bond donors (Lipinski definition) is 2. The van der Waals surface area contributed by atoms with Crippen LogP contribution < -0.4 is 10.6 Å². The number of nitro benzene ring substituents is 1. The van der Waals surface area contributed by atoms with Crippen LogP contribution in [-0.4, -0.2) is 42.4 Å². The zero-order valence-electron chi connectivity index (χ0n) is 9.78. The number of aliphatic hydroxyl groups excluding tert-OH is 1. The number of hydrogen-bond acceptors (Lipinski definition) is 6. The lowest BCUT2D eigenvalue weighted by Crippen LogP contribution is -2.44. The van der Waals surface area contributed by atoms with Gasteiger partial charge in [-0.15, -0.1) is 0 Å². The van der Waals surface area contributed by atoms with Gasteiger partial charge in [-0.25, -0.2) is 0 Å². The van der Waals surface area contributed by atoms with Crippen LogP contribution in [0.2, 0.25) is 0 Å². The SMILES string of the molecule is Nc1cc(N2CCOC(CO)C2)cc([N+](=O)[O-])c1. The molecule has 98 valence electrons. The topological polar surface area (TPSA) is 102 Å². The van der Waals surface area contributed by atoms with Crippen LogP contribution in [0.25, 0.3) is 0 Å². The van der Waals surface area contributed by atoms with Crippen molar-refractivity contribution < 1.29 is 14.8 Å². The van der Waals surface area contributed by atoms with E-state index in [1.165, 1.54) is 12.1 Å². The first kappa shape index (κ1) is 12.6. The van der Waals surface area contributed by atoms with Crippen molar-refractivity contribution in [3.05, 3.63) is 28.3 Å². The van der Waals surface area contributed by atoms with Gasteiger partial charge in [0.15, 0.2) is 0 Å². The second-order valence-corrected chi connectivity index (χ2v) is 4.16. The lowest BCUT2D eigenvalue weighted by Gasteiger charge is -2.33. The van der Waals surface area contributed by atoms with E-state index < -0.39 is 4.92 Å². The summed E-state index contributed by atoms with van der Waals surface area (Å²) >= 11 is 0. The molecule has 1 aliphatic rings. The number of non-ortho nitro benzene ring substituents is 1. The standard InChI is InChI=1S/C11H15N3O4/c12-8-3-9(5-10(4-8)14(16)17)13-1-2-18-11(6-13)7-15/h3-5,11,15H,1-2,6-7,12H2. The smallest absolute Gasteiger partial charge is 0.273 e. The molecule has 1 heterocycles. The second-order valence-electron chi connectivity index (χ2n) is 4.16. The Balaban J connectivity index is 2.24. The van der Waals surface area contributed by atoms with Crippen molar-refractivity contribution in [1.29, 1.82) is 0 Å². The molecular weight excluding hydrogens is 238 g/mol. The average molecular weight is 253 g/mol. The van der Waals surface area contributed by atoms with E-state index in [0.717, 1.165) is 0 Å². The summed E-state index contributed by atoms with van der Waals surface area (Å²) < 4.78 is 5.33. The third-order valence-electron chi connectivity index (χ3n) is 2.84.